The lowest BCUT2D eigenvalue weighted by Gasteiger charge is -2.07. The maximum absolute atomic E-state index is 12.8. The molecule has 0 saturated carbocycles. The molecule has 0 aliphatic heterocycles. The van der Waals surface area contributed by atoms with E-state index in [9.17, 15) is 9.59 Å². The standard InChI is InChI=1S/C22H17NO3S/c1-2-26-22(25)19-17-9-5-6-10-18(17)27-21(19)23-20(24)16-12-11-14-7-3-4-8-15(14)13-16/h3-13H,2H2,1H3,(H,23,24). The number of rotatable bonds is 4. The number of hydrogen-bond donors (Lipinski definition) is 1. The average Bonchev–Trinajstić information content (AvgIpc) is 3.05. The lowest BCUT2D eigenvalue weighted by atomic mass is 10.1. The average molecular weight is 375 g/mol. The summed E-state index contributed by atoms with van der Waals surface area (Å²) in [5.74, 6) is -0.679. The lowest BCUT2D eigenvalue weighted by Crippen LogP contribution is -2.14. The van der Waals surface area contributed by atoms with Crippen LogP contribution in [0.4, 0.5) is 5.00 Å². The molecule has 27 heavy (non-hydrogen) atoms. The molecule has 0 atom stereocenters. The molecule has 4 rings (SSSR count). The van der Waals surface area contributed by atoms with Gasteiger partial charge in [0.15, 0.2) is 0 Å². The maximum Gasteiger partial charge on any atom is 0.341 e. The molecule has 4 nitrogen and oxygen atoms in total. The molecule has 0 unspecified atom stereocenters. The van der Waals surface area contributed by atoms with Crippen molar-refractivity contribution in [3.05, 3.63) is 77.9 Å². The Hall–Kier alpha value is -3.18. The highest BCUT2D eigenvalue weighted by molar-refractivity contribution is 7.23. The first kappa shape index (κ1) is 17.2. The Kier molecular flexibility index (Phi) is 4.60. The van der Waals surface area contributed by atoms with Crippen molar-refractivity contribution in [2.75, 3.05) is 11.9 Å². The zero-order valence-corrected chi connectivity index (χ0v) is 15.5. The number of benzene rings is 3. The van der Waals surface area contributed by atoms with Crippen LogP contribution in [0.1, 0.15) is 27.6 Å². The molecular formula is C22H17NO3S. The van der Waals surface area contributed by atoms with Crippen molar-refractivity contribution >= 4 is 49.1 Å². The van der Waals surface area contributed by atoms with Crippen LogP contribution in [0, 0.1) is 0 Å². The van der Waals surface area contributed by atoms with Gasteiger partial charge < -0.3 is 10.1 Å². The van der Waals surface area contributed by atoms with E-state index in [-0.39, 0.29) is 12.5 Å². The molecular weight excluding hydrogens is 358 g/mol. The van der Waals surface area contributed by atoms with Gasteiger partial charge in [-0.15, -0.1) is 11.3 Å². The smallest absolute Gasteiger partial charge is 0.341 e. The highest BCUT2D eigenvalue weighted by atomic mass is 32.1. The van der Waals surface area contributed by atoms with Gasteiger partial charge in [-0.05, 0) is 35.9 Å². The highest BCUT2D eigenvalue weighted by Gasteiger charge is 2.22. The van der Waals surface area contributed by atoms with Crippen molar-refractivity contribution in [2.45, 2.75) is 6.92 Å². The Morgan fingerprint density at radius 2 is 1.70 bits per heavy atom. The molecule has 0 bridgehead atoms. The minimum atomic E-state index is -0.427. The van der Waals surface area contributed by atoms with Crippen molar-refractivity contribution in [1.29, 1.82) is 0 Å². The number of esters is 1. The summed E-state index contributed by atoms with van der Waals surface area (Å²) in [4.78, 5) is 25.3. The number of thiophene rings is 1. The maximum atomic E-state index is 12.8. The molecule has 0 aliphatic carbocycles. The monoisotopic (exact) mass is 375 g/mol. The summed E-state index contributed by atoms with van der Waals surface area (Å²) in [6.45, 7) is 2.04. The Balaban J connectivity index is 1.72. The van der Waals surface area contributed by atoms with E-state index in [1.54, 1.807) is 13.0 Å². The van der Waals surface area contributed by atoms with Crippen LogP contribution >= 0.6 is 11.3 Å². The summed E-state index contributed by atoms with van der Waals surface area (Å²) in [6.07, 6.45) is 0. The minimum Gasteiger partial charge on any atom is -0.462 e. The predicted octanol–water partition coefficient (Wildman–Crippen LogP) is 5.48. The molecule has 1 amide bonds. The molecule has 0 fully saturated rings. The zero-order valence-electron chi connectivity index (χ0n) is 14.7. The number of fused-ring (bicyclic) bond motifs is 2. The minimum absolute atomic E-state index is 0.252. The third kappa shape index (κ3) is 3.29. The van der Waals surface area contributed by atoms with Gasteiger partial charge in [-0.2, -0.15) is 0 Å². The quantitative estimate of drug-likeness (QED) is 0.480. The molecule has 3 aromatic carbocycles. The second kappa shape index (κ2) is 7.21. The second-order valence-corrected chi connectivity index (χ2v) is 7.09. The van der Waals surface area contributed by atoms with Gasteiger partial charge in [-0.25, -0.2) is 4.79 Å². The number of amides is 1. The van der Waals surface area contributed by atoms with Crippen LogP contribution in [0.2, 0.25) is 0 Å². The normalized spacial score (nSPS) is 10.9. The molecule has 0 saturated heterocycles. The molecule has 1 aromatic heterocycles. The van der Waals surface area contributed by atoms with E-state index in [4.69, 9.17) is 4.74 Å². The van der Waals surface area contributed by atoms with E-state index in [2.05, 4.69) is 5.32 Å². The summed E-state index contributed by atoms with van der Waals surface area (Å²) in [5, 5.41) is 6.26. The molecule has 1 heterocycles. The van der Waals surface area contributed by atoms with Gasteiger partial charge in [-0.1, -0.05) is 48.5 Å². The van der Waals surface area contributed by atoms with Gasteiger partial charge in [0.25, 0.3) is 5.91 Å². The first-order chi connectivity index (χ1) is 13.2. The molecule has 0 aliphatic rings. The highest BCUT2D eigenvalue weighted by Crippen LogP contribution is 2.36. The molecule has 4 aromatic rings. The van der Waals surface area contributed by atoms with Crippen molar-refractivity contribution in [1.82, 2.24) is 0 Å². The fraction of sp³-hybridized carbons (Fsp3) is 0.0909. The largest absolute Gasteiger partial charge is 0.462 e. The number of carbonyl (C=O) groups excluding carboxylic acids is 2. The van der Waals surface area contributed by atoms with Crippen molar-refractivity contribution in [3.63, 3.8) is 0 Å². The third-order valence-electron chi connectivity index (χ3n) is 4.31. The fourth-order valence-electron chi connectivity index (χ4n) is 3.05. The Bertz CT molecular complexity index is 1160. The predicted molar refractivity (Wildman–Crippen MR) is 110 cm³/mol. The number of nitrogens with one attached hydrogen (secondary N) is 1. The van der Waals surface area contributed by atoms with Crippen LogP contribution in [-0.2, 0) is 4.74 Å². The summed E-state index contributed by atoms with van der Waals surface area (Å²) in [5.41, 5.74) is 0.951. The SMILES string of the molecule is CCOC(=O)c1c(NC(=O)c2ccc3ccccc3c2)sc2ccccc12. The van der Waals surface area contributed by atoms with Crippen LogP contribution in [0.5, 0.6) is 0 Å². The van der Waals surface area contributed by atoms with Crippen LogP contribution in [0.3, 0.4) is 0 Å². The molecule has 5 heteroatoms. The van der Waals surface area contributed by atoms with Crippen molar-refractivity contribution in [2.24, 2.45) is 0 Å². The van der Waals surface area contributed by atoms with E-state index in [1.165, 1.54) is 11.3 Å². The van der Waals surface area contributed by atoms with Crippen molar-refractivity contribution < 1.29 is 14.3 Å². The molecule has 134 valence electrons. The van der Waals surface area contributed by atoms with E-state index < -0.39 is 5.97 Å². The van der Waals surface area contributed by atoms with Gasteiger partial charge >= 0.3 is 5.97 Å². The molecule has 1 N–H and O–H groups in total. The van der Waals surface area contributed by atoms with Gasteiger partial charge in [0, 0.05) is 15.6 Å². The number of ether oxygens (including phenoxy) is 1. The summed E-state index contributed by atoms with van der Waals surface area (Å²) < 4.78 is 6.12. The first-order valence-electron chi connectivity index (χ1n) is 8.66. The van der Waals surface area contributed by atoms with Crippen LogP contribution in [0.25, 0.3) is 20.9 Å². The van der Waals surface area contributed by atoms with Gasteiger partial charge in [0.1, 0.15) is 10.6 Å². The van der Waals surface area contributed by atoms with E-state index in [0.717, 1.165) is 20.9 Å². The first-order valence-corrected chi connectivity index (χ1v) is 9.48. The Labute approximate surface area is 160 Å². The summed E-state index contributed by atoms with van der Waals surface area (Å²) in [7, 11) is 0. The summed E-state index contributed by atoms with van der Waals surface area (Å²) >= 11 is 1.37. The number of hydrogen-bond acceptors (Lipinski definition) is 4. The van der Waals surface area contributed by atoms with E-state index >= 15 is 0 Å². The lowest BCUT2D eigenvalue weighted by molar-refractivity contribution is 0.0530. The number of carbonyl (C=O) groups is 2. The van der Waals surface area contributed by atoms with E-state index in [0.29, 0.717) is 16.1 Å². The topological polar surface area (TPSA) is 55.4 Å². The van der Waals surface area contributed by atoms with E-state index in [1.807, 2.05) is 60.7 Å². The van der Waals surface area contributed by atoms with Crippen molar-refractivity contribution in [3.8, 4) is 0 Å². The molecule has 0 radical (unpaired) electrons. The third-order valence-corrected chi connectivity index (χ3v) is 5.40. The summed E-state index contributed by atoms with van der Waals surface area (Å²) in [6, 6.07) is 21.0. The van der Waals surface area contributed by atoms with Gasteiger partial charge in [0.2, 0.25) is 0 Å². The van der Waals surface area contributed by atoms with Gasteiger partial charge in [0.05, 0.1) is 6.61 Å². The fourth-order valence-corrected chi connectivity index (χ4v) is 4.13. The van der Waals surface area contributed by atoms with Crippen LogP contribution in [-0.4, -0.2) is 18.5 Å². The zero-order chi connectivity index (χ0) is 18.8. The number of anilines is 1. The second-order valence-electron chi connectivity index (χ2n) is 6.04. The Morgan fingerprint density at radius 3 is 2.52 bits per heavy atom. The van der Waals surface area contributed by atoms with Gasteiger partial charge in [-0.3, -0.25) is 4.79 Å². The van der Waals surface area contributed by atoms with Crippen LogP contribution < -0.4 is 5.32 Å². The van der Waals surface area contributed by atoms with Crippen LogP contribution in [0.15, 0.2) is 66.7 Å². The molecule has 0 spiro atoms. The Morgan fingerprint density at radius 1 is 0.963 bits per heavy atom.